The van der Waals surface area contributed by atoms with Crippen LogP contribution in [0.25, 0.3) is 0 Å². The molecule has 0 atom stereocenters. The minimum Gasteiger partial charge on any atom is -0.494 e. The molecule has 36 heavy (non-hydrogen) atoms. The van der Waals surface area contributed by atoms with Gasteiger partial charge in [0, 0.05) is 6.08 Å². The van der Waals surface area contributed by atoms with Crippen molar-refractivity contribution >= 4 is 39.1 Å². The molecular formula is C27H29ClN2O5S. The molecule has 190 valence electrons. The fourth-order valence-corrected chi connectivity index (χ4v) is 5.03. The van der Waals surface area contributed by atoms with Crippen molar-refractivity contribution in [1.29, 1.82) is 0 Å². The van der Waals surface area contributed by atoms with Crippen molar-refractivity contribution in [2.24, 2.45) is 0 Å². The smallest absolute Gasteiger partial charge is 0.268 e. The van der Waals surface area contributed by atoms with E-state index in [1.165, 1.54) is 36.4 Å². The number of nitrogens with one attached hydrogen (secondary N) is 1. The lowest BCUT2D eigenvalue weighted by Crippen LogP contribution is -2.28. The van der Waals surface area contributed by atoms with E-state index in [1.54, 1.807) is 25.1 Å². The van der Waals surface area contributed by atoms with Crippen molar-refractivity contribution in [2.75, 3.05) is 11.3 Å². The summed E-state index contributed by atoms with van der Waals surface area (Å²) >= 11 is 6.29. The molecule has 1 N–H and O–H groups in total. The Balaban J connectivity index is 2.04. The van der Waals surface area contributed by atoms with Gasteiger partial charge in [-0.3, -0.25) is 14.3 Å². The van der Waals surface area contributed by atoms with Gasteiger partial charge in [-0.15, -0.1) is 0 Å². The molecule has 0 spiro atoms. The molecule has 0 aliphatic carbocycles. The zero-order valence-corrected chi connectivity index (χ0v) is 22.5. The van der Waals surface area contributed by atoms with E-state index in [-0.39, 0.29) is 37.8 Å². The Morgan fingerprint density at radius 1 is 1.08 bits per heavy atom. The number of rotatable bonds is 8. The molecule has 1 aliphatic heterocycles. The first-order valence-corrected chi connectivity index (χ1v) is 13.2. The van der Waals surface area contributed by atoms with Gasteiger partial charge < -0.3 is 4.74 Å². The van der Waals surface area contributed by atoms with Gasteiger partial charge >= 0.3 is 0 Å². The molecule has 0 saturated carbocycles. The van der Waals surface area contributed by atoms with Crippen molar-refractivity contribution in [3.05, 3.63) is 94.4 Å². The minimum atomic E-state index is -4.06. The zero-order valence-electron chi connectivity index (χ0n) is 20.9. The third-order valence-corrected chi connectivity index (χ3v) is 7.31. The van der Waals surface area contributed by atoms with E-state index in [2.05, 4.69) is 11.3 Å². The monoisotopic (exact) mass is 528 g/mol. The Morgan fingerprint density at radius 2 is 1.69 bits per heavy atom. The van der Waals surface area contributed by atoms with Crippen molar-refractivity contribution < 1.29 is 22.7 Å². The van der Waals surface area contributed by atoms with Crippen LogP contribution in [0.2, 0.25) is 5.02 Å². The number of amides is 2. The summed E-state index contributed by atoms with van der Waals surface area (Å²) in [7, 11) is -4.06. The van der Waals surface area contributed by atoms with E-state index in [4.69, 9.17) is 16.3 Å². The number of benzene rings is 2. The molecular weight excluding hydrogens is 500 g/mol. The van der Waals surface area contributed by atoms with E-state index in [1.807, 2.05) is 27.7 Å². The van der Waals surface area contributed by atoms with E-state index in [9.17, 15) is 18.0 Å². The normalized spacial score (nSPS) is 14.7. The highest BCUT2D eigenvalue weighted by Gasteiger charge is 2.41. The molecule has 3 rings (SSSR count). The highest BCUT2D eigenvalue weighted by atomic mass is 35.5. The van der Waals surface area contributed by atoms with E-state index in [0.717, 1.165) is 10.5 Å². The first kappa shape index (κ1) is 27.2. The number of sulfonamides is 1. The predicted octanol–water partition coefficient (Wildman–Crippen LogP) is 6.04. The lowest BCUT2D eigenvalue weighted by molar-refractivity contribution is 0.0709. The van der Waals surface area contributed by atoms with Crippen molar-refractivity contribution in [1.82, 2.24) is 4.90 Å². The second-order valence-corrected chi connectivity index (χ2v) is 11.2. The summed E-state index contributed by atoms with van der Waals surface area (Å²) < 4.78 is 34.3. The fraction of sp³-hybridized carbons (Fsp3) is 0.259. The number of hydrogen-bond acceptors (Lipinski definition) is 5. The van der Waals surface area contributed by atoms with E-state index < -0.39 is 21.8 Å². The number of anilines is 1. The van der Waals surface area contributed by atoms with Gasteiger partial charge in [0.25, 0.3) is 21.8 Å². The second-order valence-electron chi connectivity index (χ2n) is 9.07. The number of nitrogens with zero attached hydrogens (tertiary/aromatic N) is 1. The minimum absolute atomic E-state index is 0.0222. The number of carbonyl (C=O) groups excluding carboxylic acids is 2. The Morgan fingerprint density at radius 3 is 2.22 bits per heavy atom. The number of carbonyl (C=O) groups is 2. The Labute approximate surface area is 217 Å². The van der Waals surface area contributed by atoms with Crippen LogP contribution in [0.4, 0.5) is 5.69 Å². The van der Waals surface area contributed by atoms with E-state index in [0.29, 0.717) is 12.4 Å². The van der Waals surface area contributed by atoms with Gasteiger partial charge in [-0.2, -0.15) is 0 Å². The summed E-state index contributed by atoms with van der Waals surface area (Å²) in [6, 6.07) is 9.24. The van der Waals surface area contributed by atoms with Crippen molar-refractivity contribution in [3.8, 4) is 0 Å². The Bertz CT molecular complexity index is 1380. The SMILES string of the molecule is C=C/C(=C\C(=C/C)OCC)N1C(=O)c2c(Cl)ccc(NS(=O)(=O)c3ccc(C(C)(C)C)cc3)c2C1=O. The molecule has 2 aromatic carbocycles. The summed E-state index contributed by atoms with van der Waals surface area (Å²) in [6.07, 6.45) is 4.54. The molecule has 1 aliphatic rings. The second kappa shape index (κ2) is 10.3. The van der Waals surface area contributed by atoms with Gasteiger partial charge in [-0.05, 0) is 61.2 Å². The average molecular weight is 529 g/mol. The predicted molar refractivity (Wildman–Crippen MR) is 142 cm³/mol. The van der Waals surface area contributed by atoms with Gasteiger partial charge in [-0.25, -0.2) is 13.3 Å². The molecule has 9 heteroatoms. The molecule has 2 aromatic rings. The third kappa shape index (κ3) is 5.24. The highest BCUT2D eigenvalue weighted by Crippen LogP contribution is 2.37. The van der Waals surface area contributed by atoms with Crippen LogP contribution < -0.4 is 4.72 Å². The molecule has 2 amide bonds. The third-order valence-electron chi connectivity index (χ3n) is 5.62. The lowest BCUT2D eigenvalue weighted by atomic mass is 9.87. The Hall–Kier alpha value is -3.36. The molecule has 0 bridgehead atoms. The van der Waals surface area contributed by atoms with Crippen LogP contribution in [-0.4, -0.2) is 31.7 Å². The largest absolute Gasteiger partial charge is 0.494 e. The quantitative estimate of drug-likeness (QED) is 0.256. The number of halogens is 1. The molecule has 0 unspecified atom stereocenters. The van der Waals surface area contributed by atoms with Crippen LogP contribution in [0.1, 0.15) is 60.9 Å². The Kier molecular flexibility index (Phi) is 7.81. The van der Waals surface area contributed by atoms with E-state index >= 15 is 0 Å². The zero-order chi connectivity index (χ0) is 26.8. The average Bonchev–Trinajstić information content (AvgIpc) is 3.09. The summed E-state index contributed by atoms with van der Waals surface area (Å²) in [5.41, 5.74) is 0.736. The van der Waals surface area contributed by atoms with Crippen LogP contribution in [0.3, 0.4) is 0 Å². The lowest BCUT2D eigenvalue weighted by Gasteiger charge is -2.19. The topological polar surface area (TPSA) is 92.8 Å². The van der Waals surface area contributed by atoms with Crippen LogP contribution in [-0.2, 0) is 20.2 Å². The number of ether oxygens (including phenoxy) is 1. The maximum absolute atomic E-state index is 13.4. The standard InChI is InChI=1S/C27H29ClN2O5S/c1-7-18(16-19(8-2)35-9-3)30-25(31)23-21(28)14-15-22(24(23)26(30)32)29-36(33,34)20-12-10-17(11-13-20)27(4,5)6/h7-8,10-16,29H,1,9H2,2-6H3/b18-16+,19-8+. The molecule has 0 aromatic heterocycles. The number of fused-ring (bicyclic) bond motifs is 1. The summed E-state index contributed by atoms with van der Waals surface area (Å²) in [4.78, 5) is 27.6. The van der Waals surface area contributed by atoms with Gasteiger partial charge in [0.15, 0.2) is 0 Å². The fourth-order valence-electron chi connectivity index (χ4n) is 3.72. The van der Waals surface area contributed by atoms with Crippen LogP contribution >= 0.6 is 11.6 Å². The first-order valence-electron chi connectivity index (χ1n) is 11.3. The molecule has 0 radical (unpaired) electrons. The molecule has 1 heterocycles. The summed E-state index contributed by atoms with van der Waals surface area (Å²) in [5.74, 6) is -0.972. The number of hydrogen-bond donors (Lipinski definition) is 1. The van der Waals surface area contributed by atoms with Crippen molar-refractivity contribution in [2.45, 2.75) is 44.9 Å². The number of imide groups is 1. The van der Waals surface area contributed by atoms with Gasteiger partial charge in [0.05, 0.1) is 39.0 Å². The highest BCUT2D eigenvalue weighted by molar-refractivity contribution is 7.92. The number of allylic oxidation sites excluding steroid dienone is 3. The van der Waals surface area contributed by atoms with Crippen LogP contribution in [0.5, 0.6) is 0 Å². The summed E-state index contributed by atoms with van der Waals surface area (Å²) in [5, 5.41) is 0.0304. The first-order chi connectivity index (χ1) is 16.8. The molecule has 0 fully saturated rings. The van der Waals surface area contributed by atoms with Gasteiger partial charge in [0.2, 0.25) is 0 Å². The summed E-state index contributed by atoms with van der Waals surface area (Å²) in [6.45, 7) is 13.7. The molecule has 7 nitrogen and oxygen atoms in total. The van der Waals surface area contributed by atoms with Gasteiger partial charge in [-0.1, -0.05) is 51.1 Å². The van der Waals surface area contributed by atoms with Crippen LogP contribution in [0, 0.1) is 0 Å². The van der Waals surface area contributed by atoms with Crippen molar-refractivity contribution in [3.63, 3.8) is 0 Å². The molecule has 0 saturated heterocycles. The maximum atomic E-state index is 13.4. The maximum Gasteiger partial charge on any atom is 0.268 e. The van der Waals surface area contributed by atoms with Crippen LogP contribution in [0.15, 0.2) is 77.6 Å². The van der Waals surface area contributed by atoms with Gasteiger partial charge in [0.1, 0.15) is 5.76 Å².